The largest absolute Gasteiger partial charge is 0.506 e. The van der Waals surface area contributed by atoms with Crippen LogP contribution in [0.15, 0.2) is 12.1 Å². The first-order chi connectivity index (χ1) is 9.40. The fourth-order valence-corrected chi connectivity index (χ4v) is 2.62. The maximum atomic E-state index is 12.3. The lowest BCUT2D eigenvalue weighted by atomic mass is 10.1. The van der Waals surface area contributed by atoms with Gasteiger partial charge in [0.25, 0.3) is 5.91 Å². The monoisotopic (exact) mass is 316 g/mol. The number of benzene rings is 1. The maximum absolute atomic E-state index is 12.3. The molecule has 1 aliphatic heterocycles. The third kappa shape index (κ3) is 2.99. The molecule has 1 saturated heterocycles. The summed E-state index contributed by atoms with van der Waals surface area (Å²) in [5, 5.41) is 10.2. The highest BCUT2D eigenvalue weighted by Gasteiger charge is 2.25. The van der Waals surface area contributed by atoms with E-state index in [4.69, 9.17) is 23.2 Å². The van der Waals surface area contributed by atoms with E-state index in [1.807, 2.05) is 0 Å². The number of phenolic OH excluding ortho intramolecular Hbond substituents is 1. The van der Waals surface area contributed by atoms with E-state index in [0.29, 0.717) is 31.2 Å². The summed E-state index contributed by atoms with van der Waals surface area (Å²) in [6, 6.07) is 2.77. The normalized spacial score (nSPS) is 15.3. The fourth-order valence-electron chi connectivity index (χ4n) is 2.12. The number of piperazine rings is 1. The summed E-state index contributed by atoms with van der Waals surface area (Å²) >= 11 is 11.7. The van der Waals surface area contributed by atoms with Crippen LogP contribution in [-0.2, 0) is 4.79 Å². The van der Waals surface area contributed by atoms with Crippen LogP contribution < -0.4 is 0 Å². The van der Waals surface area contributed by atoms with Crippen molar-refractivity contribution in [3.8, 4) is 5.75 Å². The smallest absolute Gasteiger partial charge is 0.257 e. The van der Waals surface area contributed by atoms with E-state index in [2.05, 4.69) is 0 Å². The molecule has 2 amide bonds. The van der Waals surface area contributed by atoms with E-state index in [-0.39, 0.29) is 28.1 Å². The zero-order chi connectivity index (χ0) is 14.9. The average molecular weight is 317 g/mol. The SMILES string of the molecule is CC(=O)N1CCN(C(=O)c2cc(Cl)cc(Cl)c2O)CC1. The molecular weight excluding hydrogens is 303 g/mol. The summed E-state index contributed by atoms with van der Waals surface area (Å²) in [5.74, 6) is -0.615. The predicted molar refractivity (Wildman–Crippen MR) is 76.3 cm³/mol. The van der Waals surface area contributed by atoms with Crippen molar-refractivity contribution in [2.24, 2.45) is 0 Å². The van der Waals surface area contributed by atoms with Crippen molar-refractivity contribution >= 4 is 35.0 Å². The Bertz CT molecular complexity index is 555. The number of aromatic hydroxyl groups is 1. The van der Waals surface area contributed by atoms with Gasteiger partial charge in [0.05, 0.1) is 10.6 Å². The molecule has 0 aliphatic carbocycles. The number of halogens is 2. The maximum Gasteiger partial charge on any atom is 0.257 e. The Morgan fingerprint density at radius 2 is 1.65 bits per heavy atom. The van der Waals surface area contributed by atoms with Gasteiger partial charge < -0.3 is 14.9 Å². The molecule has 108 valence electrons. The lowest BCUT2D eigenvalue weighted by molar-refractivity contribution is -0.130. The molecule has 1 N–H and O–H groups in total. The van der Waals surface area contributed by atoms with Gasteiger partial charge in [-0.05, 0) is 12.1 Å². The number of amides is 2. The highest BCUT2D eigenvalue weighted by molar-refractivity contribution is 6.36. The van der Waals surface area contributed by atoms with E-state index in [9.17, 15) is 14.7 Å². The zero-order valence-corrected chi connectivity index (χ0v) is 12.4. The first-order valence-electron chi connectivity index (χ1n) is 6.13. The molecule has 0 spiro atoms. The molecule has 1 aromatic carbocycles. The summed E-state index contributed by atoms with van der Waals surface area (Å²) in [6.45, 7) is 3.30. The van der Waals surface area contributed by atoms with Crippen molar-refractivity contribution < 1.29 is 14.7 Å². The molecule has 0 atom stereocenters. The number of carbonyl (C=O) groups excluding carboxylic acids is 2. The molecule has 20 heavy (non-hydrogen) atoms. The van der Waals surface area contributed by atoms with Crippen LogP contribution in [0, 0.1) is 0 Å². The number of rotatable bonds is 1. The zero-order valence-electron chi connectivity index (χ0n) is 10.9. The second-order valence-electron chi connectivity index (χ2n) is 4.58. The number of carbonyl (C=O) groups is 2. The van der Waals surface area contributed by atoms with Crippen LogP contribution in [-0.4, -0.2) is 52.9 Å². The van der Waals surface area contributed by atoms with Crippen molar-refractivity contribution in [2.45, 2.75) is 6.92 Å². The molecule has 0 unspecified atom stereocenters. The van der Waals surface area contributed by atoms with Gasteiger partial charge in [-0.1, -0.05) is 23.2 Å². The van der Waals surface area contributed by atoms with Gasteiger partial charge in [-0.2, -0.15) is 0 Å². The minimum Gasteiger partial charge on any atom is -0.506 e. The first-order valence-corrected chi connectivity index (χ1v) is 6.88. The molecule has 7 heteroatoms. The Morgan fingerprint density at radius 3 is 2.20 bits per heavy atom. The standard InChI is InChI=1S/C13H14Cl2N2O3/c1-8(18)16-2-4-17(5-3-16)13(20)10-6-9(14)7-11(15)12(10)19/h6-7,19H,2-5H2,1H3. The van der Waals surface area contributed by atoms with Crippen molar-refractivity contribution in [1.29, 1.82) is 0 Å². The van der Waals surface area contributed by atoms with E-state index in [1.165, 1.54) is 19.1 Å². The molecular formula is C13H14Cl2N2O3. The minimum atomic E-state index is -0.338. The van der Waals surface area contributed by atoms with Crippen LogP contribution in [0.1, 0.15) is 17.3 Å². The fraction of sp³-hybridized carbons (Fsp3) is 0.385. The number of hydrogen-bond donors (Lipinski definition) is 1. The van der Waals surface area contributed by atoms with Crippen molar-refractivity contribution in [3.05, 3.63) is 27.7 Å². The molecule has 1 aromatic rings. The van der Waals surface area contributed by atoms with Crippen LogP contribution in [0.2, 0.25) is 10.0 Å². The number of phenols is 1. The van der Waals surface area contributed by atoms with E-state index >= 15 is 0 Å². The van der Waals surface area contributed by atoms with E-state index in [1.54, 1.807) is 9.80 Å². The van der Waals surface area contributed by atoms with Crippen LogP contribution in [0.3, 0.4) is 0 Å². The molecule has 0 bridgehead atoms. The molecule has 5 nitrogen and oxygen atoms in total. The minimum absolute atomic E-state index is 0.00857. The third-order valence-electron chi connectivity index (χ3n) is 3.27. The van der Waals surface area contributed by atoms with Crippen LogP contribution in [0.25, 0.3) is 0 Å². The first kappa shape index (κ1) is 14.9. The Balaban J connectivity index is 2.15. The lowest BCUT2D eigenvalue weighted by Gasteiger charge is -2.34. The molecule has 1 fully saturated rings. The summed E-state index contributed by atoms with van der Waals surface area (Å²) in [5.41, 5.74) is 0.0822. The van der Waals surface area contributed by atoms with Crippen molar-refractivity contribution in [1.82, 2.24) is 9.80 Å². The van der Waals surface area contributed by atoms with Crippen molar-refractivity contribution in [3.63, 3.8) is 0 Å². The molecule has 1 aliphatic rings. The van der Waals surface area contributed by atoms with Gasteiger partial charge in [-0.25, -0.2) is 0 Å². The second kappa shape index (κ2) is 5.89. The predicted octanol–water partition coefficient (Wildman–Crippen LogP) is 2.00. The van der Waals surface area contributed by atoms with Gasteiger partial charge in [-0.15, -0.1) is 0 Å². The van der Waals surface area contributed by atoms with Gasteiger partial charge in [0.1, 0.15) is 5.75 Å². The highest BCUT2D eigenvalue weighted by atomic mass is 35.5. The Hall–Kier alpha value is -1.46. The molecule has 1 heterocycles. The third-order valence-corrected chi connectivity index (χ3v) is 3.78. The van der Waals surface area contributed by atoms with Gasteiger partial charge in [0, 0.05) is 38.1 Å². The number of hydrogen-bond acceptors (Lipinski definition) is 3. The van der Waals surface area contributed by atoms with E-state index < -0.39 is 0 Å². The molecule has 0 saturated carbocycles. The summed E-state index contributed by atoms with van der Waals surface area (Å²) in [6.07, 6.45) is 0. The Kier molecular flexibility index (Phi) is 4.40. The van der Waals surface area contributed by atoms with E-state index in [0.717, 1.165) is 0 Å². The molecule has 0 radical (unpaired) electrons. The lowest BCUT2D eigenvalue weighted by Crippen LogP contribution is -2.50. The Labute approximate surface area is 126 Å². The van der Waals surface area contributed by atoms with Crippen LogP contribution >= 0.6 is 23.2 Å². The number of nitrogens with zero attached hydrogens (tertiary/aromatic N) is 2. The average Bonchev–Trinajstić information content (AvgIpc) is 2.42. The second-order valence-corrected chi connectivity index (χ2v) is 5.43. The van der Waals surface area contributed by atoms with Crippen LogP contribution in [0.4, 0.5) is 0 Å². The summed E-state index contributed by atoms with van der Waals surface area (Å²) in [4.78, 5) is 26.8. The summed E-state index contributed by atoms with van der Waals surface area (Å²) < 4.78 is 0. The quantitative estimate of drug-likeness (QED) is 0.862. The molecule has 2 rings (SSSR count). The van der Waals surface area contributed by atoms with Gasteiger partial charge in [0.15, 0.2) is 0 Å². The highest BCUT2D eigenvalue weighted by Crippen LogP contribution is 2.32. The van der Waals surface area contributed by atoms with Crippen molar-refractivity contribution in [2.75, 3.05) is 26.2 Å². The topological polar surface area (TPSA) is 60.9 Å². The summed E-state index contributed by atoms with van der Waals surface area (Å²) in [7, 11) is 0. The Morgan fingerprint density at radius 1 is 1.10 bits per heavy atom. The van der Waals surface area contributed by atoms with Gasteiger partial charge >= 0.3 is 0 Å². The van der Waals surface area contributed by atoms with Gasteiger partial charge in [-0.3, -0.25) is 9.59 Å². The molecule has 0 aromatic heterocycles. The van der Waals surface area contributed by atoms with Crippen LogP contribution in [0.5, 0.6) is 5.75 Å². The van der Waals surface area contributed by atoms with Gasteiger partial charge in [0.2, 0.25) is 5.91 Å².